The van der Waals surface area contributed by atoms with E-state index in [1.807, 2.05) is 36.4 Å². The van der Waals surface area contributed by atoms with Crippen molar-refractivity contribution < 1.29 is 4.79 Å². The number of nitrogens with one attached hydrogen (secondary N) is 1. The molecule has 6 heteroatoms. The van der Waals surface area contributed by atoms with Crippen LogP contribution in [-0.2, 0) is 18.4 Å². The van der Waals surface area contributed by atoms with Gasteiger partial charge < -0.3 is 5.32 Å². The van der Waals surface area contributed by atoms with Gasteiger partial charge in [-0.1, -0.05) is 30.3 Å². The Morgan fingerprint density at radius 2 is 2.00 bits per heavy atom. The quantitative estimate of drug-likeness (QED) is 0.794. The van der Waals surface area contributed by atoms with E-state index in [9.17, 15) is 4.79 Å². The van der Waals surface area contributed by atoms with E-state index in [2.05, 4.69) is 15.5 Å². The van der Waals surface area contributed by atoms with Gasteiger partial charge in [0.1, 0.15) is 12.4 Å². The SMILES string of the molecule is Cn1nccc1NC(=O)Cn1ccc(-c2ccccc2)n1. The van der Waals surface area contributed by atoms with Gasteiger partial charge in [-0.3, -0.25) is 14.2 Å². The molecule has 1 amide bonds. The smallest absolute Gasteiger partial charge is 0.247 e. The molecule has 1 aromatic carbocycles. The van der Waals surface area contributed by atoms with E-state index in [0.29, 0.717) is 5.82 Å². The number of hydrogen-bond donors (Lipinski definition) is 1. The standard InChI is InChI=1S/C15H15N5O/c1-19-14(7-9-16-19)17-15(21)11-20-10-8-13(18-20)12-5-3-2-4-6-12/h2-10H,11H2,1H3,(H,17,21). The molecule has 3 rings (SSSR count). The summed E-state index contributed by atoms with van der Waals surface area (Å²) >= 11 is 0. The lowest BCUT2D eigenvalue weighted by Crippen LogP contribution is -2.20. The van der Waals surface area contributed by atoms with Crippen LogP contribution in [0.4, 0.5) is 5.82 Å². The molecular weight excluding hydrogens is 266 g/mol. The summed E-state index contributed by atoms with van der Waals surface area (Å²) in [6.07, 6.45) is 3.43. The van der Waals surface area contributed by atoms with Gasteiger partial charge in [-0.25, -0.2) is 0 Å². The molecule has 0 radical (unpaired) electrons. The van der Waals surface area contributed by atoms with Crippen LogP contribution in [0.25, 0.3) is 11.3 Å². The molecule has 106 valence electrons. The third kappa shape index (κ3) is 3.00. The van der Waals surface area contributed by atoms with Gasteiger partial charge in [0.15, 0.2) is 0 Å². The highest BCUT2D eigenvalue weighted by Gasteiger charge is 2.08. The van der Waals surface area contributed by atoms with Crippen molar-refractivity contribution in [2.24, 2.45) is 7.05 Å². The molecule has 2 aromatic heterocycles. The fraction of sp³-hybridized carbons (Fsp3) is 0.133. The Morgan fingerprint density at radius 3 is 2.71 bits per heavy atom. The fourth-order valence-electron chi connectivity index (χ4n) is 2.04. The lowest BCUT2D eigenvalue weighted by atomic mass is 10.2. The van der Waals surface area contributed by atoms with Crippen LogP contribution in [0.5, 0.6) is 0 Å². The number of carbonyl (C=O) groups excluding carboxylic acids is 1. The van der Waals surface area contributed by atoms with Crippen LogP contribution in [-0.4, -0.2) is 25.5 Å². The highest BCUT2D eigenvalue weighted by molar-refractivity contribution is 5.89. The molecule has 21 heavy (non-hydrogen) atoms. The summed E-state index contributed by atoms with van der Waals surface area (Å²) in [6, 6.07) is 13.5. The average molecular weight is 281 g/mol. The Kier molecular flexibility index (Phi) is 3.51. The molecule has 0 spiro atoms. The van der Waals surface area contributed by atoms with Crippen LogP contribution in [0.1, 0.15) is 0 Å². The van der Waals surface area contributed by atoms with Gasteiger partial charge in [0.2, 0.25) is 5.91 Å². The van der Waals surface area contributed by atoms with Crippen LogP contribution in [0.2, 0.25) is 0 Å². The van der Waals surface area contributed by atoms with Crippen molar-refractivity contribution in [2.75, 3.05) is 5.32 Å². The second kappa shape index (κ2) is 5.62. The van der Waals surface area contributed by atoms with E-state index in [0.717, 1.165) is 11.3 Å². The first-order chi connectivity index (χ1) is 10.2. The van der Waals surface area contributed by atoms with E-state index in [-0.39, 0.29) is 12.5 Å². The minimum Gasteiger partial charge on any atom is -0.309 e. The Morgan fingerprint density at radius 1 is 1.19 bits per heavy atom. The Labute approximate surface area is 122 Å². The number of carbonyl (C=O) groups is 1. The third-order valence-electron chi connectivity index (χ3n) is 3.10. The minimum absolute atomic E-state index is 0.138. The maximum absolute atomic E-state index is 12.0. The van der Waals surface area contributed by atoms with Crippen LogP contribution >= 0.6 is 0 Å². The van der Waals surface area contributed by atoms with Crippen molar-refractivity contribution in [2.45, 2.75) is 6.54 Å². The van der Waals surface area contributed by atoms with Gasteiger partial charge >= 0.3 is 0 Å². The van der Waals surface area contributed by atoms with Crippen molar-refractivity contribution in [1.82, 2.24) is 19.6 Å². The molecule has 0 aliphatic heterocycles. The molecule has 1 N–H and O–H groups in total. The topological polar surface area (TPSA) is 64.7 Å². The average Bonchev–Trinajstić information content (AvgIpc) is 3.10. The summed E-state index contributed by atoms with van der Waals surface area (Å²) in [5.74, 6) is 0.525. The zero-order valence-corrected chi connectivity index (χ0v) is 11.6. The van der Waals surface area contributed by atoms with Gasteiger partial charge in [-0.05, 0) is 6.07 Å². The number of rotatable bonds is 4. The number of anilines is 1. The zero-order valence-electron chi connectivity index (χ0n) is 11.6. The number of benzene rings is 1. The summed E-state index contributed by atoms with van der Waals surface area (Å²) in [4.78, 5) is 12.0. The van der Waals surface area contributed by atoms with Gasteiger partial charge in [-0.15, -0.1) is 0 Å². The molecule has 0 aliphatic carbocycles. The minimum atomic E-state index is -0.138. The third-order valence-corrected chi connectivity index (χ3v) is 3.10. The molecular formula is C15H15N5O. The predicted molar refractivity (Wildman–Crippen MR) is 79.5 cm³/mol. The Bertz CT molecular complexity index is 744. The monoisotopic (exact) mass is 281 g/mol. The van der Waals surface area contributed by atoms with Crippen molar-refractivity contribution in [3.8, 4) is 11.3 Å². The van der Waals surface area contributed by atoms with E-state index >= 15 is 0 Å². The summed E-state index contributed by atoms with van der Waals surface area (Å²) in [5, 5.41) is 11.2. The first-order valence-corrected chi connectivity index (χ1v) is 6.59. The largest absolute Gasteiger partial charge is 0.309 e. The molecule has 0 bridgehead atoms. The maximum Gasteiger partial charge on any atom is 0.247 e. The van der Waals surface area contributed by atoms with Gasteiger partial charge in [0.05, 0.1) is 11.9 Å². The van der Waals surface area contributed by atoms with Crippen molar-refractivity contribution in [3.63, 3.8) is 0 Å². The van der Waals surface area contributed by atoms with Crippen molar-refractivity contribution in [3.05, 3.63) is 54.9 Å². The van der Waals surface area contributed by atoms with Crippen LogP contribution in [0.15, 0.2) is 54.9 Å². The normalized spacial score (nSPS) is 10.5. The molecule has 0 saturated carbocycles. The lowest BCUT2D eigenvalue weighted by Gasteiger charge is -2.05. The van der Waals surface area contributed by atoms with Crippen LogP contribution in [0, 0.1) is 0 Å². The Hall–Kier alpha value is -2.89. The highest BCUT2D eigenvalue weighted by atomic mass is 16.2. The van der Waals surface area contributed by atoms with Crippen molar-refractivity contribution >= 4 is 11.7 Å². The first-order valence-electron chi connectivity index (χ1n) is 6.59. The molecule has 0 saturated heterocycles. The maximum atomic E-state index is 12.0. The van der Waals surface area contributed by atoms with Gasteiger partial charge in [0, 0.05) is 24.9 Å². The van der Waals surface area contributed by atoms with Gasteiger partial charge in [-0.2, -0.15) is 10.2 Å². The number of aromatic nitrogens is 4. The molecule has 0 aliphatic rings. The number of aryl methyl sites for hydroxylation is 1. The summed E-state index contributed by atoms with van der Waals surface area (Å²) in [6.45, 7) is 0.165. The number of nitrogens with zero attached hydrogens (tertiary/aromatic N) is 4. The Balaban J connectivity index is 1.67. The van der Waals surface area contributed by atoms with Gasteiger partial charge in [0.25, 0.3) is 0 Å². The molecule has 2 heterocycles. The summed E-state index contributed by atoms with van der Waals surface area (Å²) in [7, 11) is 1.77. The molecule has 0 atom stereocenters. The van der Waals surface area contributed by atoms with E-state index in [1.54, 1.807) is 34.9 Å². The van der Waals surface area contributed by atoms with Crippen molar-refractivity contribution in [1.29, 1.82) is 0 Å². The number of hydrogen-bond acceptors (Lipinski definition) is 3. The van der Waals surface area contributed by atoms with E-state index < -0.39 is 0 Å². The van der Waals surface area contributed by atoms with Crippen LogP contribution < -0.4 is 5.32 Å². The number of amides is 1. The second-order valence-electron chi connectivity index (χ2n) is 4.65. The molecule has 3 aromatic rings. The van der Waals surface area contributed by atoms with E-state index in [1.165, 1.54) is 0 Å². The second-order valence-corrected chi connectivity index (χ2v) is 4.65. The first kappa shape index (κ1) is 13.1. The lowest BCUT2D eigenvalue weighted by molar-refractivity contribution is -0.116. The molecule has 0 fully saturated rings. The van der Waals surface area contributed by atoms with E-state index in [4.69, 9.17) is 0 Å². The fourth-order valence-corrected chi connectivity index (χ4v) is 2.04. The van der Waals surface area contributed by atoms with Crippen LogP contribution in [0.3, 0.4) is 0 Å². The molecule has 6 nitrogen and oxygen atoms in total. The molecule has 0 unspecified atom stereocenters. The summed E-state index contributed by atoms with van der Waals surface area (Å²) in [5.41, 5.74) is 1.88. The summed E-state index contributed by atoms with van der Waals surface area (Å²) < 4.78 is 3.23. The highest BCUT2D eigenvalue weighted by Crippen LogP contribution is 2.15. The zero-order chi connectivity index (χ0) is 14.7. The predicted octanol–water partition coefficient (Wildman–Crippen LogP) is 1.92.